The van der Waals surface area contributed by atoms with E-state index in [0.29, 0.717) is 23.5 Å². The lowest BCUT2D eigenvalue weighted by atomic mass is 9.78. The Hall–Kier alpha value is -1.86. The summed E-state index contributed by atoms with van der Waals surface area (Å²) in [6.45, 7) is 3.80. The second-order valence-electron chi connectivity index (χ2n) is 7.57. The molecule has 2 fully saturated rings. The molecule has 27 heavy (non-hydrogen) atoms. The number of methoxy groups -OCH3 is 1. The van der Waals surface area contributed by atoms with Gasteiger partial charge in [0.15, 0.2) is 11.5 Å². The van der Waals surface area contributed by atoms with Gasteiger partial charge in [-0.1, -0.05) is 0 Å². The number of carboxylic acids is 1. The summed E-state index contributed by atoms with van der Waals surface area (Å²) in [4.78, 5) is 16.5. The Morgan fingerprint density at radius 1 is 1.26 bits per heavy atom. The van der Waals surface area contributed by atoms with Crippen LogP contribution in [0, 0.1) is 5.41 Å². The van der Waals surface area contributed by atoms with Gasteiger partial charge in [-0.15, -0.1) is 0 Å². The van der Waals surface area contributed by atoms with E-state index in [4.69, 9.17) is 14.6 Å². The molecule has 7 heteroatoms. The number of piperidine rings is 1. The monoisotopic (exact) mass is 390 g/mol. The van der Waals surface area contributed by atoms with E-state index in [1.807, 2.05) is 6.07 Å². The average molecular weight is 391 g/mol. The predicted molar refractivity (Wildman–Crippen MR) is 107 cm³/mol. The van der Waals surface area contributed by atoms with Crippen LogP contribution >= 0.6 is 11.8 Å². The van der Waals surface area contributed by atoms with E-state index in [2.05, 4.69) is 21.6 Å². The van der Waals surface area contributed by atoms with Crippen LogP contribution in [0.4, 0.5) is 0 Å². The highest BCUT2D eigenvalue weighted by Gasteiger charge is 2.37. The zero-order chi connectivity index (χ0) is 18.9. The number of fused-ring (bicyclic) bond motifs is 1. The second-order valence-corrected chi connectivity index (χ2v) is 8.68. The number of benzene rings is 1. The van der Waals surface area contributed by atoms with Crippen LogP contribution in [0.25, 0.3) is 10.9 Å². The lowest BCUT2D eigenvalue weighted by molar-refractivity contribution is 0.0691. The Morgan fingerprint density at radius 2 is 2.07 bits per heavy atom. The van der Waals surface area contributed by atoms with Gasteiger partial charge >= 0.3 is 5.97 Å². The van der Waals surface area contributed by atoms with Crippen LogP contribution in [-0.2, 0) is 0 Å². The highest BCUT2D eigenvalue weighted by molar-refractivity contribution is 7.99. The molecule has 4 rings (SSSR count). The molecule has 6 nitrogen and oxygen atoms in total. The topological polar surface area (TPSA) is 74.8 Å². The molecule has 2 saturated heterocycles. The second kappa shape index (κ2) is 7.64. The van der Waals surface area contributed by atoms with Crippen molar-refractivity contribution in [2.24, 2.45) is 5.41 Å². The normalized spacial score (nSPS) is 19.6. The smallest absolute Gasteiger partial charge is 0.352 e. The summed E-state index contributed by atoms with van der Waals surface area (Å²) in [6, 6.07) is 5.26. The molecule has 0 aliphatic carbocycles. The first-order valence-corrected chi connectivity index (χ1v) is 10.6. The first-order chi connectivity index (χ1) is 13.1. The molecule has 0 radical (unpaired) electrons. The minimum absolute atomic E-state index is 0.163. The quantitative estimate of drug-likeness (QED) is 0.787. The van der Waals surface area contributed by atoms with Gasteiger partial charge in [-0.25, -0.2) is 4.79 Å². The van der Waals surface area contributed by atoms with Crippen LogP contribution in [0.2, 0.25) is 0 Å². The fourth-order valence-corrected chi connectivity index (χ4v) is 5.69. The maximum atomic E-state index is 11.1. The van der Waals surface area contributed by atoms with Crippen molar-refractivity contribution in [1.82, 2.24) is 9.88 Å². The van der Waals surface area contributed by atoms with E-state index in [1.165, 1.54) is 30.8 Å². The Balaban J connectivity index is 1.36. The molecule has 146 valence electrons. The van der Waals surface area contributed by atoms with Gasteiger partial charge in [0.25, 0.3) is 0 Å². The van der Waals surface area contributed by atoms with E-state index >= 15 is 0 Å². The first kappa shape index (κ1) is 18.5. The first-order valence-electron chi connectivity index (χ1n) is 9.46. The third-order valence-electron chi connectivity index (χ3n) is 5.90. The van der Waals surface area contributed by atoms with Gasteiger partial charge in [-0.2, -0.15) is 11.8 Å². The van der Waals surface area contributed by atoms with Crippen LogP contribution in [0.3, 0.4) is 0 Å². The van der Waals surface area contributed by atoms with Crippen molar-refractivity contribution < 1.29 is 19.4 Å². The van der Waals surface area contributed by atoms with Crippen molar-refractivity contribution >= 4 is 28.6 Å². The standard InChI is InChI=1S/C20H26N2O4S/c1-25-17-12-15-14(10-16(21-15)19(23)24)11-18(17)26-8-7-22-5-2-20(3-6-22)4-9-27-13-20/h10-12,21H,2-9,13H2,1H3,(H,23,24). The highest BCUT2D eigenvalue weighted by Crippen LogP contribution is 2.44. The van der Waals surface area contributed by atoms with Crippen molar-refractivity contribution in [1.29, 1.82) is 0 Å². The largest absolute Gasteiger partial charge is 0.493 e. The molecule has 0 bridgehead atoms. The predicted octanol–water partition coefficient (Wildman–Crippen LogP) is 3.47. The number of aromatic amines is 1. The van der Waals surface area contributed by atoms with Gasteiger partial charge in [-0.3, -0.25) is 4.90 Å². The van der Waals surface area contributed by atoms with Crippen molar-refractivity contribution in [2.45, 2.75) is 19.3 Å². The summed E-state index contributed by atoms with van der Waals surface area (Å²) in [5.74, 6) is 2.96. The summed E-state index contributed by atoms with van der Waals surface area (Å²) >= 11 is 2.11. The number of ether oxygens (including phenoxy) is 2. The Morgan fingerprint density at radius 3 is 2.74 bits per heavy atom. The zero-order valence-electron chi connectivity index (χ0n) is 15.6. The maximum Gasteiger partial charge on any atom is 0.352 e. The molecule has 1 aromatic heterocycles. The number of carboxylic acid groups (broad SMARTS) is 1. The van der Waals surface area contributed by atoms with E-state index < -0.39 is 5.97 Å². The van der Waals surface area contributed by atoms with Crippen molar-refractivity contribution in [3.05, 3.63) is 23.9 Å². The van der Waals surface area contributed by atoms with E-state index in [0.717, 1.165) is 30.5 Å². The zero-order valence-corrected chi connectivity index (χ0v) is 16.4. The number of nitrogens with zero attached hydrogens (tertiary/aromatic N) is 1. The molecular formula is C20H26N2O4S. The molecule has 0 saturated carbocycles. The summed E-state index contributed by atoms with van der Waals surface area (Å²) in [6.07, 6.45) is 3.99. The van der Waals surface area contributed by atoms with Crippen molar-refractivity contribution in [3.8, 4) is 11.5 Å². The average Bonchev–Trinajstić information content (AvgIpc) is 3.29. The number of hydrogen-bond acceptors (Lipinski definition) is 5. The number of aromatic carboxylic acids is 1. The number of H-pyrrole nitrogens is 1. The molecule has 0 amide bonds. The number of carbonyl (C=O) groups is 1. The summed E-state index contributed by atoms with van der Waals surface area (Å²) < 4.78 is 11.4. The van der Waals surface area contributed by atoms with Crippen molar-refractivity contribution in [2.75, 3.05) is 44.9 Å². The molecular weight excluding hydrogens is 364 g/mol. The number of aromatic nitrogens is 1. The number of hydrogen-bond donors (Lipinski definition) is 2. The fraction of sp³-hybridized carbons (Fsp3) is 0.550. The summed E-state index contributed by atoms with van der Waals surface area (Å²) in [7, 11) is 1.60. The summed E-state index contributed by atoms with van der Waals surface area (Å²) in [5, 5.41) is 9.95. The van der Waals surface area contributed by atoms with Gasteiger partial charge in [-0.05, 0) is 61.4 Å². The molecule has 3 heterocycles. The Kier molecular flexibility index (Phi) is 5.23. The molecule has 1 spiro atoms. The molecule has 2 aromatic rings. The van der Waals surface area contributed by atoms with Gasteiger partial charge in [0.05, 0.1) is 12.6 Å². The Bertz CT molecular complexity index is 819. The third kappa shape index (κ3) is 3.89. The lowest BCUT2D eigenvalue weighted by Gasteiger charge is -2.38. The van der Waals surface area contributed by atoms with Gasteiger partial charge in [0.2, 0.25) is 0 Å². The molecule has 2 aliphatic rings. The minimum atomic E-state index is -0.976. The fourth-order valence-electron chi connectivity index (χ4n) is 4.11. The Labute approximate surface area is 163 Å². The van der Waals surface area contributed by atoms with Gasteiger partial charge in [0.1, 0.15) is 12.3 Å². The molecule has 0 atom stereocenters. The number of nitrogens with one attached hydrogen (secondary N) is 1. The summed E-state index contributed by atoms with van der Waals surface area (Å²) in [5.41, 5.74) is 1.50. The van der Waals surface area contributed by atoms with Crippen LogP contribution in [0.15, 0.2) is 18.2 Å². The van der Waals surface area contributed by atoms with Crippen LogP contribution in [0.5, 0.6) is 11.5 Å². The SMILES string of the molecule is COc1cc2[nH]c(C(=O)O)cc2cc1OCCN1CCC2(CCSC2)CC1. The van der Waals surface area contributed by atoms with Crippen LogP contribution < -0.4 is 9.47 Å². The molecule has 0 unspecified atom stereocenters. The van der Waals surface area contributed by atoms with E-state index in [9.17, 15) is 4.79 Å². The van der Waals surface area contributed by atoms with Crippen molar-refractivity contribution in [3.63, 3.8) is 0 Å². The van der Waals surface area contributed by atoms with E-state index in [-0.39, 0.29) is 5.69 Å². The van der Waals surface area contributed by atoms with E-state index in [1.54, 1.807) is 19.2 Å². The highest BCUT2D eigenvalue weighted by atomic mass is 32.2. The lowest BCUT2D eigenvalue weighted by Crippen LogP contribution is -2.41. The van der Waals surface area contributed by atoms with Crippen LogP contribution in [-0.4, -0.2) is 65.8 Å². The number of rotatable bonds is 6. The van der Waals surface area contributed by atoms with Crippen LogP contribution in [0.1, 0.15) is 29.8 Å². The molecule has 2 N–H and O–H groups in total. The van der Waals surface area contributed by atoms with Gasteiger partial charge < -0.3 is 19.6 Å². The number of thioether (sulfide) groups is 1. The third-order valence-corrected chi connectivity index (χ3v) is 7.21. The maximum absolute atomic E-state index is 11.1. The number of likely N-dealkylation sites (tertiary alicyclic amines) is 1. The molecule has 1 aromatic carbocycles. The minimum Gasteiger partial charge on any atom is -0.493 e. The molecule has 2 aliphatic heterocycles. The van der Waals surface area contributed by atoms with Gasteiger partial charge in [0, 0.05) is 18.0 Å².